The Morgan fingerprint density at radius 1 is 0.955 bits per heavy atom. The number of piperidine rings is 1. The fourth-order valence-corrected chi connectivity index (χ4v) is 3.09. The lowest BCUT2D eigenvalue weighted by atomic mass is 10.0. The third-order valence-corrected chi connectivity index (χ3v) is 4.35. The van der Waals surface area contributed by atoms with Crippen LogP contribution in [0.25, 0.3) is 0 Å². The van der Waals surface area contributed by atoms with Crippen molar-refractivity contribution >= 4 is 5.78 Å². The number of aryl methyl sites for hydroxylation is 1. The molecule has 2 aromatic rings. The van der Waals surface area contributed by atoms with Crippen LogP contribution in [-0.4, -0.2) is 23.8 Å². The van der Waals surface area contributed by atoms with Gasteiger partial charge in [0.1, 0.15) is 0 Å². The summed E-state index contributed by atoms with van der Waals surface area (Å²) in [6.07, 6.45) is 3.98. The van der Waals surface area contributed by atoms with E-state index in [2.05, 4.69) is 17.0 Å². The lowest BCUT2D eigenvalue weighted by molar-refractivity contribution is 0.103. The predicted octanol–water partition coefficient (Wildman–Crippen LogP) is 4.21. The molecule has 1 heterocycles. The zero-order valence-electron chi connectivity index (χ0n) is 13.2. The summed E-state index contributed by atoms with van der Waals surface area (Å²) in [5.74, 6) is 0.105. The molecule has 1 aliphatic rings. The highest BCUT2D eigenvalue weighted by atomic mass is 16.1. The molecular formula is C20H23NO. The third kappa shape index (κ3) is 3.63. The van der Waals surface area contributed by atoms with E-state index in [1.54, 1.807) is 0 Å². The molecule has 0 bridgehead atoms. The molecule has 0 atom stereocenters. The molecule has 0 spiro atoms. The highest BCUT2D eigenvalue weighted by Gasteiger charge is 2.12. The van der Waals surface area contributed by atoms with Crippen LogP contribution in [0.3, 0.4) is 0 Å². The van der Waals surface area contributed by atoms with Crippen molar-refractivity contribution in [3.8, 4) is 0 Å². The summed E-state index contributed by atoms with van der Waals surface area (Å²) in [5, 5.41) is 0. The molecule has 1 saturated heterocycles. The minimum absolute atomic E-state index is 0.105. The van der Waals surface area contributed by atoms with E-state index in [1.807, 2.05) is 43.3 Å². The highest BCUT2D eigenvalue weighted by Crippen LogP contribution is 2.16. The van der Waals surface area contributed by atoms with Crippen LogP contribution in [0.15, 0.2) is 48.5 Å². The van der Waals surface area contributed by atoms with Crippen LogP contribution in [-0.2, 0) is 6.54 Å². The Balaban J connectivity index is 1.69. The maximum absolute atomic E-state index is 12.5. The smallest absolute Gasteiger partial charge is 0.193 e. The Bertz CT molecular complexity index is 639. The predicted molar refractivity (Wildman–Crippen MR) is 90.2 cm³/mol. The lowest BCUT2D eigenvalue weighted by Gasteiger charge is -2.26. The van der Waals surface area contributed by atoms with Gasteiger partial charge in [-0.3, -0.25) is 9.69 Å². The normalized spacial score (nSPS) is 15.7. The summed E-state index contributed by atoms with van der Waals surface area (Å²) in [4.78, 5) is 15.0. The Morgan fingerprint density at radius 3 is 2.36 bits per heavy atom. The zero-order chi connectivity index (χ0) is 15.4. The molecular weight excluding hydrogens is 270 g/mol. The van der Waals surface area contributed by atoms with Crippen molar-refractivity contribution < 1.29 is 4.79 Å². The standard InChI is InChI=1S/C20H23NO/c1-16-6-5-7-19(14-16)20(22)18-10-8-17(9-11-18)15-21-12-3-2-4-13-21/h5-11,14H,2-4,12-13,15H2,1H3. The number of hydrogen-bond acceptors (Lipinski definition) is 2. The molecule has 0 unspecified atom stereocenters. The molecule has 0 radical (unpaired) electrons. The molecule has 114 valence electrons. The summed E-state index contributed by atoms with van der Waals surface area (Å²) in [6.45, 7) is 5.41. The summed E-state index contributed by atoms with van der Waals surface area (Å²) in [7, 11) is 0. The van der Waals surface area contributed by atoms with Crippen LogP contribution in [0.4, 0.5) is 0 Å². The van der Waals surface area contributed by atoms with Crippen molar-refractivity contribution in [1.82, 2.24) is 4.90 Å². The first-order valence-electron chi connectivity index (χ1n) is 8.15. The molecule has 0 amide bonds. The first-order valence-corrected chi connectivity index (χ1v) is 8.15. The van der Waals surface area contributed by atoms with Gasteiger partial charge < -0.3 is 0 Å². The average Bonchev–Trinajstić information content (AvgIpc) is 2.56. The van der Waals surface area contributed by atoms with E-state index in [-0.39, 0.29) is 5.78 Å². The van der Waals surface area contributed by atoms with Gasteiger partial charge in [-0.2, -0.15) is 0 Å². The minimum atomic E-state index is 0.105. The molecule has 0 aromatic heterocycles. The van der Waals surface area contributed by atoms with E-state index >= 15 is 0 Å². The largest absolute Gasteiger partial charge is 0.299 e. The van der Waals surface area contributed by atoms with Crippen molar-refractivity contribution in [2.24, 2.45) is 0 Å². The average molecular weight is 293 g/mol. The van der Waals surface area contributed by atoms with Gasteiger partial charge >= 0.3 is 0 Å². The summed E-state index contributed by atoms with van der Waals surface area (Å²) >= 11 is 0. The van der Waals surface area contributed by atoms with Crippen LogP contribution in [0.1, 0.15) is 46.3 Å². The number of rotatable bonds is 4. The van der Waals surface area contributed by atoms with E-state index in [0.717, 1.165) is 23.2 Å². The molecule has 1 fully saturated rings. The van der Waals surface area contributed by atoms with E-state index in [9.17, 15) is 4.79 Å². The molecule has 0 aliphatic carbocycles. The Hall–Kier alpha value is -1.93. The molecule has 3 rings (SSSR count). The second-order valence-electron chi connectivity index (χ2n) is 6.23. The van der Waals surface area contributed by atoms with Gasteiger partial charge in [0.25, 0.3) is 0 Å². The maximum atomic E-state index is 12.5. The van der Waals surface area contributed by atoms with Gasteiger partial charge in [-0.15, -0.1) is 0 Å². The monoisotopic (exact) mass is 293 g/mol. The number of benzene rings is 2. The van der Waals surface area contributed by atoms with Crippen molar-refractivity contribution in [2.45, 2.75) is 32.7 Å². The van der Waals surface area contributed by atoms with Gasteiger partial charge in [-0.1, -0.05) is 54.4 Å². The second kappa shape index (κ2) is 6.89. The van der Waals surface area contributed by atoms with Crippen molar-refractivity contribution in [3.63, 3.8) is 0 Å². The summed E-state index contributed by atoms with van der Waals surface area (Å²) in [6, 6.07) is 15.9. The quantitative estimate of drug-likeness (QED) is 0.787. The summed E-state index contributed by atoms with van der Waals surface area (Å²) in [5.41, 5.74) is 3.95. The van der Waals surface area contributed by atoms with Crippen LogP contribution < -0.4 is 0 Å². The van der Waals surface area contributed by atoms with Gasteiger partial charge in [0.05, 0.1) is 0 Å². The Morgan fingerprint density at radius 2 is 1.68 bits per heavy atom. The van der Waals surface area contributed by atoms with Gasteiger partial charge in [0.15, 0.2) is 5.78 Å². The number of ketones is 1. The molecule has 0 N–H and O–H groups in total. The first kappa shape index (κ1) is 15.0. The fraction of sp³-hybridized carbons (Fsp3) is 0.350. The second-order valence-corrected chi connectivity index (χ2v) is 6.23. The van der Waals surface area contributed by atoms with Crippen molar-refractivity contribution in [1.29, 1.82) is 0 Å². The van der Waals surface area contributed by atoms with Crippen molar-refractivity contribution in [3.05, 3.63) is 70.8 Å². The molecule has 2 heteroatoms. The first-order chi connectivity index (χ1) is 10.7. The van der Waals surface area contributed by atoms with Crippen LogP contribution in [0.5, 0.6) is 0 Å². The van der Waals surface area contributed by atoms with Crippen LogP contribution >= 0.6 is 0 Å². The number of nitrogens with zero attached hydrogens (tertiary/aromatic N) is 1. The Kier molecular flexibility index (Phi) is 4.69. The minimum Gasteiger partial charge on any atom is -0.299 e. The van der Waals surface area contributed by atoms with Crippen LogP contribution in [0, 0.1) is 6.92 Å². The maximum Gasteiger partial charge on any atom is 0.193 e. The van der Waals surface area contributed by atoms with Gasteiger partial charge in [-0.25, -0.2) is 0 Å². The van der Waals surface area contributed by atoms with E-state index in [0.29, 0.717) is 0 Å². The van der Waals surface area contributed by atoms with E-state index in [4.69, 9.17) is 0 Å². The SMILES string of the molecule is Cc1cccc(C(=O)c2ccc(CN3CCCCC3)cc2)c1. The molecule has 2 aromatic carbocycles. The molecule has 22 heavy (non-hydrogen) atoms. The number of carbonyl (C=O) groups excluding carboxylic acids is 1. The van der Waals surface area contributed by atoms with Gasteiger partial charge in [0.2, 0.25) is 0 Å². The highest BCUT2D eigenvalue weighted by molar-refractivity contribution is 6.09. The fourth-order valence-electron chi connectivity index (χ4n) is 3.09. The van der Waals surface area contributed by atoms with E-state index < -0.39 is 0 Å². The molecule has 1 aliphatic heterocycles. The van der Waals surface area contributed by atoms with Crippen LogP contribution in [0.2, 0.25) is 0 Å². The molecule has 0 saturated carbocycles. The number of hydrogen-bond donors (Lipinski definition) is 0. The van der Waals surface area contributed by atoms with Gasteiger partial charge in [0, 0.05) is 17.7 Å². The third-order valence-electron chi connectivity index (χ3n) is 4.35. The van der Waals surface area contributed by atoms with Gasteiger partial charge in [-0.05, 0) is 44.5 Å². The zero-order valence-corrected chi connectivity index (χ0v) is 13.2. The Labute approximate surface area is 132 Å². The lowest BCUT2D eigenvalue weighted by Crippen LogP contribution is -2.29. The van der Waals surface area contributed by atoms with E-state index in [1.165, 1.54) is 37.9 Å². The number of likely N-dealkylation sites (tertiary alicyclic amines) is 1. The van der Waals surface area contributed by atoms with Crippen molar-refractivity contribution in [2.75, 3.05) is 13.1 Å². The summed E-state index contributed by atoms with van der Waals surface area (Å²) < 4.78 is 0. The number of carbonyl (C=O) groups is 1. The molecule has 2 nitrogen and oxygen atoms in total. The topological polar surface area (TPSA) is 20.3 Å².